The van der Waals surface area contributed by atoms with Crippen molar-refractivity contribution in [1.29, 1.82) is 5.26 Å². The Morgan fingerprint density at radius 3 is 2.11 bits per heavy atom. The third-order valence-corrected chi connectivity index (χ3v) is 6.23. The SMILES string of the molecule is C=Cc1cccc(C(C(=O)NC(Cc2ccccc2)C(=O)OC(C)(C)C)N(CC#N)C(=O)C(CC(N)=O)NC(=O)OC(C)(C)C)c1. The van der Waals surface area contributed by atoms with E-state index >= 15 is 0 Å². The van der Waals surface area contributed by atoms with E-state index in [1.807, 2.05) is 12.1 Å². The van der Waals surface area contributed by atoms with Crippen molar-refractivity contribution >= 4 is 35.9 Å². The Bertz CT molecular complexity index is 1450. The second-order valence-electron chi connectivity index (χ2n) is 12.6. The highest BCUT2D eigenvalue weighted by Crippen LogP contribution is 2.25. The topological polar surface area (TPSA) is 181 Å². The van der Waals surface area contributed by atoms with Crippen molar-refractivity contribution in [2.45, 2.75) is 83.7 Å². The quantitative estimate of drug-likeness (QED) is 0.221. The maximum Gasteiger partial charge on any atom is 0.408 e. The number of nitrogens with one attached hydrogen (secondary N) is 2. The number of nitriles is 1. The van der Waals surface area contributed by atoms with Crippen LogP contribution in [0.5, 0.6) is 0 Å². The van der Waals surface area contributed by atoms with E-state index in [0.29, 0.717) is 5.56 Å². The maximum atomic E-state index is 14.2. The van der Waals surface area contributed by atoms with Gasteiger partial charge in [0.05, 0.1) is 12.5 Å². The van der Waals surface area contributed by atoms with Gasteiger partial charge in [-0.15, -0.1) is 0 Å². The van der Waals surface area contributed by atoms with Gasteiger partial charge in [0.1, 0.15) is 35.9 Å². The van der Waals surface area contributed by atoms with Gasteiger partial charge in [-0.25, -0.2) is 9.59 Å². The second-order valence-corrected chi connectivity index (χ2v) is 12.6. The molecule has 2 aromatic rings. The molecule has 0 heterocycles. The molecule has 0 aromatic heterocycles. The lowest BCUT2D eigenvalue weighted by Crippen LogP contribution is -2.55. The van der Waals surface area contributed by atoms with Crippen LogP contribution in [-0.4, -0.2) is 64.5 Å². The van der Waals surface area contributed by atoms with E-state index in [2.05, 4.69) is 17.2 Å². The molecule has 12 heteroatoms. The van der Waals surface area contributed by atoms with Gasteiger partial charge in [0.2, 0.25) is 17.7 Å². The average molecular weight is 634 g/mol. The summed E-state index contributed by atoms with van der Waals surface area (Å²) >= 11 is 0. The minimum Gasteiger partial charge on any atom is -0.458 e. The normalized spacial score (nSPS) is 13.2. The first-order chi connectivity index (χ1) is 21.4. The number of hydrogen-bond donors (Lipinski definition) is 3. The van der Waals surface area contributed by atoms with Crippen molar-refractivity contribution in [3.8, 4) is 6.07 Å². The highest BCUT2D eigenvalue weighted by molar-refractivity contribution is 5.96. The smallest absolute Gasteiger partial charge is 0.408 e. The van der Waals surface area contributed by atoms with E-state index < -0.39 is 72.1 Å². The fourth-order valence-electron chi connectivity index (χ4n) is 4.42. The first-order valence-corrected chi connectivity index (χ1v) is 14.7. The lowest BCUT2D eigenvalue weighted by atomic mass is 9.98. The van der Waals surface area contributed by atoms with Crippen LogP contribution in [0.1, 0.15) is 70.7 Å². The number of benzene rings is 2. The van der Waals surface area contributed by atoms with Crippen LogP contribution in [0.3, 0.4) is 0 Å². The zero-order valence-corrected chi connectivity index (χ0v) is 27.2. The van der Waals surface area contributed by atoms with E-state index in [1.165, 1.54) is 6.08 Å². The number of nitrogens with two attached hydrogens (primary N) is 1. The first kappa shape index (κ1) is 37.0. The van der Waals surface area contributed by atoms with Crippen molar-refractivity contribution in [3.63, 3.8) is 0 Å². The van der Waals surface area contributed by atoms with Crippen LogP contribution in [0.15, 0.2) is 61.2 Å². The third kappa shape index (κ3) is 12.1. The molecule has 246 valence electrons. The van der Waals surface area contributed by atoms with Crippen LogP contribution in [0.2, 0.25) is 0 Å². The van der Waals surface area contributed by atoms with Gasteiger partial charge in [0, 0.05) is 6.42 Å². The molecule has 2 rings (SSSR count). The van der Waals surface area contributed by atoms with Crippen LogP contribution in [0, 0.1) is 11.3 Å². The number of carbonyl (C=O) groups is 5. The molecule has 0 radical (unpaired) electrons. The van der Waals surface area contributed by atoms with E-state index in [9.17, 15) is 29.2 Å². The van der Waals surface area contributed by atoms with E-state index in [1.54, 1.807) is 90.1 Å². The van der Waals surface area contributed by atoms with Gasteiger partial charge in [-0.3, -0.25) is 14.4 Å². The summed E-state index contributed by atoms with van der Waals surface area (Å²) in [5, 5.41) is 14.9. The molecule has 0 spiro atoms. The van der Waals surface area contributed by atoms with E-state index in [0.717, 1.165) is 10.5 Å². The molecule has 0 saturated carbocycles. The number of hydrogen-bond acceptors (Lipinski definition) is 8. The van der Waals surface area contributed by atoms with Crippen molar-refractivity contribution < 1.29 is 33.4 Å². The Kier molecular flexibility index (Phi) is 13.1. The Morgan fingerprint density at radius 1 is 0.935 bits per heavy atom. The molecule has 0 fully saturated rings. The zero-order valence-electron chi connectivity index (χ0n) is 27.2. The largest absolute Gasteiger partial charge is 0.458 e. The number of alkyl carbamates (subject to hydrolysis) is 1. The lowest BCUT2D eigenvalue weighted by molar-refractivity contribution is -0.159. The number of primary amides is 1. The minimum atomic E-state index is -1.58. The molecule has 12 nitrogen and oxygen atoms in total. The zero-order chi connectivity index (χ0) is 34.7. The predicted octanol–water partition coefficient (Wildman–Crippen LogP) is 3.56. The summed E-state index contributed by atoms with van der Waals surface area (Å²) in [5.41, 5.74) is 5.22. The fourth-order valence-corrected chi connectivity index (χ4v) is 4.42. The molecule has 2 aromatic carbocycles. The van der Waals surface area contributed by atoms with Gasteiger partial charge >= 0.3 is 12.1 Å². The summed E-state index contributed by atoms with van der Waals surface area (Å²) in [4.78, 5) is 67.2. The minimum absolute atomic E-state index is 0.0671. The molecule has 0 aliphatic heterocycles. The Hall–Kier alpha value is -5.18. The summed E-state index contributed by atoms with van der Waals surface area (Å²) in [6, 6.07) is 13.1. The monoisotopic (exact) mass is 633 g/mol. The van der Waals surface area contributed by atoms with Crippen molar-refractivity contribution in [3.05, 3.63) is 77.9 Å². The van der Waals surface area contributed by atoms with Gasteiger partial charge in [0.15, 0.2) is 0 Å². The van der Waals surface area contributed by atoms with Gasteiger partial charge in [-0.1, -0.05) is 61.2 Å². The first-order valence-electron chi connectivity index (χ1n) is 14.7. The van der Waals surface area contributed by atoms with Gasteiger partial charge in [0.25, 0.3) is 0 Å². The number of carbonyl (C=O) groups excluding carboxylic acids is 5. The molecular weight excluding hydrogens is 590 g/mol. The standard InChI is InChI=1S/C34H43N5O7/c1-8-22-15-12-16-24(19-22)28(29(41)37-26(31(43)45-33(2,3)4)20-23-13-10-9-11-14-23)39(18-17-35)30(42)25(21-27(36)40)38-32(44)46-34(5,6)7/h8-16,19,25-26,28H,1,18,20-21H2,2-7H3,(H2,36,40)(H,37,41)(H,38,44). The molecule has 3 atom stereocenters. The Labute approximate surface area is 269 Å². The summed E-state index contributed by atoms with van der Waals surface area (Å²) in [7, 11) is 0. The van der Waals surface area contributed by atoms with E-state index in [-0.39, 0.29) is 12.0 Å². The predicted molar refractivity (Wildman–Crippen MR) is 171 cm³/mol. The average Bonchev–Trinajstić information content (AvgIpc) is 2.94. The summed E-state index contributed by atoms with van der Waals surface area (Å²) in [5.74, 6) is -3.40. The van der Waals surface area contributed by atoms with Crippen LogP contribution >= 0.6 is 0 Å². The van der Waals surface area contributed by atoms with Crippen molar-refractivity contribution in [2.24, 2.45) is 5.73 Å². The van der Waals surface area contributed by atoms with Crippen molar-refractivity contribution in [1.82, 2.24) is 15.5 Å². The molecule has 46 heavy (non-hydrogen) atoms. The lowest BCUT2D eigenvalue weighted by Gasteiger charge is -2.34. The molecule has 3 unspecified atom stereocenters. The van der Waals surface area contributed by atoms with Crippen LogP contribution in [0.4, 0.5) is 4.79 Å². The summed E-state index contributed by atoms with van der Waals surface area (Å²) in [6.07, 6.45) is -0.0486. The Balaban J connectivity index is 2.63. The Morgan fingerprint density at radius 2 is 1.57 bits per heavy atom. The molecule has 0 aliphatic carbocycles. The van der Waals surface area contributed by atoms with Gasteiger partial charge < -0.3 is 30.7 Å². The van der Waals surface area contributed by atoms with Crippen LogP contribution < -0.4 is 16.4 Å². The number of rotatable bonds is 13. The molecular formula is C34H43N5O7. The fraction of sp³-hybridized carbons (Fsp3) is 0.412. The molecule has 4 amide bonds. The highest BCUT2D eigenvalue weighted by atomic mass is 16.6. The van der Waals surface area contributed by atoms with Gasteiger partial charge in [-0.2, -0.15) is 5.26 Å². The number of nitrogens with zero attached hydrogens (tertiary/aromatic N) is 2. The maximum absolute atomic E-state index is 14.2. The highest BCUT2D eigenvalue weighted by Gasteiger charge is 2.39. The molecule has 4 N–H and O–H groups in total. The molecule has 0 bridgehead atoms. The number of ether oxygens (including phenoxy) is 2. The van der Waals surface area contributed by atoms with Crippen molar-refractivity contribution in [2.75, 3.05) is 6.54 Å². The summed E-state index contributed by atoms with van der Waals surface area (Å²) in [6.45, 7) is 13.1. The van der Waals surface area contributed by atoms with Crippen LogP contribution in [0.25, 0.3) is 6.08 Å². The van der Waals surface area contributed by atoms with E-state index in [4.69, 9.17) is 15.2 Å². The second kappa shape index (κ2) is 16.2. The third-order valence-electron chi connectivity index (χ3n) is 6.23. The molecule has 0 aliphatic rings. The molecule has 0 saturated heterocycles. The van der Waals surface area contributed by atoms with Crippen LogP contribution in [-0.2, 0) is 35.1 Å². The number of amides is 4. The van der Waals surface area contributed by atoms with Gasteiger partial charge in [-0.05, 0) is 64.3 Å². The number of esters is 1. The summed E-state index contributed by atoms with van der Waals surface area (Å²) < 4.78 is 10.9.